The summed E-state index contributed by atoms with van der Waals surface area (Å²) in [4.78, 5) is 25.5. The van der Waals surface area contributed by atoms with E-state index in [0.717, 1.165) is 36.3 Å². The molecule has 27 heavy (non-hydrogen) atoms. The average molecular weight is 369 g/mol. The average Bonchev–Trinajstić information content (AvgIpc) is 3.42. The van der Waals surface area contributed by atoms with Gasteiger partial charge in [0.2, 0.25) is 5.88 Å². The lowest BCUT2D eigenvalue weighted by Gasteiger charge is -2.20. The van der Waals surface area contributed by atoms with E-state index in [1.54, 1.807) is 25.6 Å². The van der Waals surface area contributed by atoms with Crippen LogP contribution in [0, 0.1) is 6.92 Å². The molecule has 8 nitrogen and oxygen atoms in total. The summed E-state index contributed by atoms with van der Waals surface area (Å²) in [5.41, 5.74) is 2.52. The number of urea groups is 1. The van der Waals surface area contributed by atoms with Crippen LogP contribution in [0.4, 0.5) is 10.5 Å². The Morgan fingerprint density at radius 2 is 2.07 bits per heavy atom. The van der Waals surface area contributed by atoms with Crippen LogP contribution in [-0.4, -0.2) is 40.7 Å². The molecule has 0 aromatic carbocycles. The molecule has 0 radical (unpaired) electrons. The number of carbonyl (C=O) groups is 1. The molecule has 2 aliphatic rings. The smallest absolute Gasteiger partial charge is 0.319 e. The SMILES string of the molecule is COc1ccc([C@@H]2OCC[C@H]2NC(=O)Nc2cnc(C)nc2C2CC2)cn1. The van der Waals surface area contributed by atoms with Crippen molar-refractivity contribution in [1.82, 2.24) is 20.3 Å². The third-order valence-electron chi connectivity index (χ3n) is 4.86. The molecule has 0 bridgehead atoms. The predicted octanol–water partition coefficient (Wildman–Crippen LogP) is 2.72. The van der Waals surface area contributed by atoms with Crippen LogP contribution in [0.15, 0.2) is 24.5 Å². The van der Waals surface area contributed by atoms with Crippen molar-refractivity contribution in [3.63, 3.8) is 0 Å². The van der Waals surface area contributed by atoms with E-state index in [1.807, 2.05) is 13.0 Å². The number of aromatic nitrogens is 3. The van der Waals surface area contributed by atoms with Crippen molar-refractivity contribution in [2.75, 3.05) is 19.0 Å². The maximum Gasteiger partial charge on any atom is 0.319 e. The van der Waals surface area contributed by atoms with E-state index >= 15 is 0 Å². The highest BCUT2D eigenvalue weighted by Gasteiger charge is 2.32. The number of ether oxygens (including phenoxy) is 2. The fourth-order valence-electron chi connectivity index (χ4n) is 3.33. The van der Waals surface area contributed by atoms with E-state index in [1.165, 1.54) is 0 Å². The Balaban J connectivity index is 1.43. The highest BCUT2D eigenvalue weighted by molar-refractivity contribution is 5.90. The normalized spacial score (nSPS) is 21.7. The highest BCUT2D eigenvalue weighted by Crippen LogP contribution is 2.42. The summed E-state index contributed by atoms with van der Waals surface area (Å²) in [6.45, 7) is 2.45. The molecule has 2 aromatic heterocycles. The van der Waals surface area contributed by atoms with Crippen molar-refractivity contribution in [2.45, 2.75) is 44.2 Å². The minimum absolute atomic E-state index is 0.129. The van der Waals surface area contributed by atoms with Crippen LogP contribution in [-0.2, 0) is 4.74 Å². The van der Waals surface area contributed by atoms with Gasteiger partial charge in [0.15, 0.2) is 0 Å². The Labute approximate surface area is 157 Å². The van der Waals surface area contributed by atoms with E-state index in [4.69, 9.17) is 9.47 Å². The molecule has 4 rings (SSSR count). The van der Waals surface area contributed by atoms with Gasteiger partial charge in [-0.05, 0) is 32.3 Å². The molecule has 2 fully saturated rings. The first-order chi connectivity index (χ1) is 13.1. The molecule has 142 valence electrons. The van der Waals surface area contributed by atoms with E-state index < -0.39 is 0 Å². The van der Waals surface area contributed by atoms with Crippen molar-refractivity contribution in [3.05, 3.63) is 41.6 Å². The number of amides is 2. The summed E-state index contributed by atoms with van der Waals surface area (Å²) in [6.07, 6.45) is 6.13. The molecule has 2 aromatic rings. The summed E-state index contributed by atoms with van der Waals surface area (Å²) in [5, 5.41) is 5.93. The van der Waals surface area contributed by atoms with Crippen LogP contribution in [0.1, 0.15) is 48.4 Å². The number of nitrogens with one attached hydrogen (secondary N) is 2. The lowest BCUT2D eigenvalue weighted by Crippen LogP contribution is -2.39. The number of aryl methyl sites for hydroxylation is 1. The lowest BCUT2D eigenvalue weighted by molar-refractivity contribution is 0.100. The van der Waals surface area contributed by atoms with Crippen molar-refractivity contribution >= 4 is 11.7 Å². The van der Waals surface area contributed by atoms with Crippen LogP contribution in [0.3, 0.4) is 0 Å². The molecule has 1 saturated heterocycles. The van der Waals surface area contributed by atoms with Gasteiger partial charge in [0, 0.05) is 30.4 Å². The summed E-state index contributed by atoms with van der Waals surface area (Å²) in [6, 6.07) is 3.30. The van der Waals surface area contributed by atoms with Gasteiger partial charge in [-0.3, -0.25) is 0 Å². The molecular weight excluding hydrogens is 346 g/mol. The molecule has 0 spiro atoms. The fraction of sp³-hybridized carbons (Fsp3) is 0.474. The van der Waals surface area contributed by atoms with Gasteiger partial charge < -0.3 is 20.1 Å². The Morgan fingerprint density at radius 3 is 2.78 bits per heavy atom. The second-order valence-corrected chi connectivity index (χ2v) is 6.91. The van der Waals surface area contributed by atoms with E-state index in [0.29, 0.717) is 24.1 Å². The van der Waals surface area contributed by atoms with Crippen LogP contribution < -0.4 is 15.4 Å². The monoisotopic (exact) mass is 369 g/mol. The van der Waals surface area contributed by atoms with Crippen molar-refractivity contribution in [3.8, 4) is 5.88 Å². The number of rotatable bonds is 5. The Morgan fingerprint density at radius 1 is 1.22 bits per heavy atom. The summed E-state index contributed by atoms with van der Waals surface area (Å²) in [7, 11) is 1.58. The molecule has 2 N–H and O–H groups in total. The molecule has 1 aliphatic carbocycles. The number of carbonyl (C=O) groups excluding carboxylic acids is 1. The summed E-state index contributed by atoms with van der Waals surface area (Å²) >= 11 is 0. The molecular formula is C19H23N5O3. The molecule has 8 heteroatoms. The van der Waals surface area contributed by atoms with E-state index in [9.17, 15) is 4.79 Å². The molecule has 0 unspecified atom stereocenters. The Hall–Kier alpha value is -2.74. The van der Waals surface area contributed by atoms with Crippen LogP contribution in [0.2, 0.25) is 0 Å². The van der Waals surface area contributed by atoms with Gasteiger partial charge in [-0.1, -0.05) is 0 Å². The Bertz CT molecular complexity index is 823. The van der Waals surface area contributed by atoms with Crippen LogP contribution >= 0.6 is 0 Å². The number of methoxy groups -OCH3 is 1. The van der Waals surface area contributed by atoms with Gasteiger partial charge in [-0.2, -0.15) is 0 Å². The number of anilines is 1. The van der Waals surface area contributed by atoms with Gasteiger partial charge in [0.1, 0.15) is 11.9 Å². The second-order valence-electron chi connectivity index (χ2n) is 6.91. The standard InChI is InChI=1S/C19H23N5O3/c1-11-20-10-15(17(22-11)12-3-4-12)24-19(25)23-14-7-8-27-18(14)13-5-6-16(26-2)21-9-13/h5-6,9-10,12,14,18H,3-4,7-8H2,1-2H3,(H2,23,24,25)/t14-,18+/m1/s1. The maximum atomic E-state index is 12.6. The van der Waals surface area contributed by atoms with E-state index in [2.05, 4.69) is 25.6 Å². The molecule has 1 saturated carbocycles. The van der Waals surface area contributed by atoms with Gasteiger partial charge in [-0.15, -0.1) is 0 Å². The van der Waals surface area contributed by atoms with E-state index in [-0.39, 0.29) is 18.2 Å². The largest absolute Gasteiger partial charge is 0.481 e. The zero-order chi connectivity index (χ0) is 18.8. The number of nitrogens with zero attached hydrogens (tertiary/aromatic N) is 3. The van der Waals surface area contributed by atoms with Gasteiger partial charge in [0.25, 0.3) is 0 Å². The number of hydrogen-bond acceptors (Lipinski definition) is 6. The summed E-state index contributed by atoms with van der Waals surface area (Å²) < 4.78 is 10.9. The molecule has 2 amide bonds. The minimum atomic E-state index is -0.272. The third-order valence-corrected chi connectivity index (χ3v) is 4.86. The van der Waals surface area contributed by atoms with Gasteiger partial charge >= 0.3 is 6.03 Å². The second kappa shape index (κ2) is 7.48. The molecule has 2 atom stereocenters. The number of hydrogen-bond donors (Lipinski definition) is 2. The first-order valence-electron chi connectivity index (χ1n) is 9.16. The van der Waals surface area contributed by atoms with Crippen LogP contribution in [0.25, 0.3) is 0 Å². The molecule has 3 heterocycles. The van der Waals surface area contributed by atoms with Crippen molar-refractivity contribution < 1.29 is 14.3 Å². The quantitative estimate of drug-likeness (QED) is 0.841. The fourth-order valence-corrected chi connectivity index (χ4v) is 3.33. The predicted molar refractivity (Wildman–Crippen MR) is 98.8 cm³/mol. The maximum absolute atomic E-state index is 12.6. The van der Waals surface area contributed by atoms with Gasteiger partial charge in [0.05, 0.1) is 30.7 Å². The number of pyridine rings is 1. The zero-order valence-electron chi connectivity index (χ0n) is 15.4. The third kappa shape index (κ3) is 4.00. The summed E-state index contributed by atoms with van der Waals surface area (Å²) in [5.74, 6) is 1.69. The van der Waals surface area contributed by atoms with Crippen molar-refractivity contribution in [2.24, 2.45) is 0 Å². The molecule has 1 aliphatic heterocycles. The lowest BCUT2D eigenvalue weighted by atomic mass is 10.0. The Kier molecular flexibility index (Phi) is 4.89. The first kappa shape index (κ1) is 17.7. The van der Waals surface area contributed by atoms with Gasteiger partial charge in [-0.25, -0.2) is 19.7 Å². The zero-order valence-corrected chi connectivity index (χ0v) is 15.4. The highest BCUT2D eigenvalue weighted by atomic mass is 16.5. The minimum Gasteiger partial charge on any atom is -0.481 e. The topological polar surface area (TPSA) is 98.3 Å². The van der Waals surface area contributed by atoms with Crippen LogP contribution in [0.5, 0.6) is 5.88 Å². The van der Waals surface area contributed by atoms with Crippen molar-refractivity contribution in [1.29, 1.82) is 0 Å². The first-order valence-corrected chi connectivity index (χ1v) is 9.16.